The number of ether oxygens (including phenoxy) is 2. The summed E-state index contributed by atoms with van der Waals surface area (Å²) in [5, 5.41) is 0. The summed E-state index contributed by atoms with van der Waals surface area (Å²) in [6.07, 6.45) is -3.14. The van der Waals surface area contributed by atoms with E-state index < -0.39 is 41.4 Å². The maximum atomic E-state index is 13.7. The van der Waals surface area contributed by atoms with Gasteiger partial charge < -0.3 is 9.47 Å². The number of nitrogens with two attached hydrogens (primary N) is 1. The standard InChI is InChI=1S/C16H24F3NO4/c1-8-4-5-11-9(2)15(20,16(17,18)19)22-12-14(11)10(8)6-7-13(3,21-12)23-24-14/h8-12H,4-7,20H2,1-3H3/t8-,9-,10+,11?,12+,13+,14?,15-/m1/s1. The van der Waals surface area contributed by atoms with Gasteiger partial charge in [0.25, 0.3) is 0 Å². The van der Waals surface area contributed by atoms with Gasteiger partial charge in [-0.3, -0.25) is 5.73 Å². The number of rotatable bonds is 0. The summed E-state index contributed by atoms with van der Waals surface area (Å²) in [5.74, 6) is -2.19. The molecule has 0 amide bonds. The second-order valence-corrected chi connectivity index (χ2v) is 8.11. The molecular formula is C16H24F3NO4. The van der Waals surface area contributed by atoms with E-state index >= 15 is 0 Å². The van der Waals surface area contributed by atoms with Crippen molar-refractivity contribution in [3.05, 3.63) is 0 Å². The monoisotopic (exact) mass is 351 g/mol. The molecule has 0 aromatic heterocycles. The van der Waals surface area contributed by atoms with Gasteiger partial charge in [-0.15, -0.1) is 0 Å². The highest BCUT2D eigenvalue weighted by atomic mass is 19.4. The van der Waals surface area contributed by atoms with E-state index in [1.807, 2.05) is 0 Å². The van der Waals surface area contributed by atoms with Crippen LogP contribution < -0.4 is 5.73 Å². The number of fused-ring (bicyclic) bond motifs is 2. The van der Waals surface area contributed by atoms with Crippen LogP contribution in [-0.2, 0) is 19.2 Å². The van der Waals surface area contributed by atoms with Crippen LogP contribution in [0.5, 0.6) is 0 Å². The zero-order chi connectivity index (χ0) is 17.5. The Morgan fingerprint density at radius 3 is 2.38 bits per heavy atom. The Balaban J connectivity index is 1.84. The van der Waals surface area contributed by atoms with E-state index in [0.717, 1.165) is 12.8 Å². The Morgan fingerprint density at radius 2 is 1.71 bits per heavy atom. The van der Waals surface area contributed by atoms with Crippen LogP contribution in [-0.4, -0.2) is 29.6 Å². The molecule has 1 saturated carbocycles. The maximum absolute atomic E-state index is 13.7. The van der Waals surface area contributed by atoms with Crippen LogP contribution in [0.2, 0.25) is 0 Å². The Morgan fingerprint density at radius 1 is 1.00 bits per heavy atom. The third kappa shape index (κ3) is 1.95. The molecule has 5 nitrogen and oxygen atoms in total. The number of hydrogen-bond donors (Lipinski definition) is 1. The summed E-state index contributed by atoms with van der Waals surface area (Å²) in [4.78, 5) is 11.3. The normalized spacial score (nSPS) is 57.4. The minimum absolute atomic E-state index is 0.0193. The summed E-state index contributed by atoms with van der Waals surface area (Å²) in [5.41, 5.74) is 1.98. The van der Waals surface area contributed by atoms with Gasteiger partial charge in [-0.25, -0.2) is 9.78 Å². The lowest BCUT2D eigenvalue weighted by atomic mass is 9.56. The van der Waals surface area contributed by atoms with Crippen molar-refractivity contribution in [1.82, 2.24) is 0 Å². The molecule has 8 heteroatoms. The number of alkyl halides is 3. The van der Waals surface area contributed by atoms with Gasteiger partial charge in [0.2, 0.25) is 11.5 Å². The summed E-state index contributed by atoms with van der Waals surface area (Å²) >= 11 is 0. The van der Waals surface area contributed by atoms with E-state index in [9.17, 15) is 13.2 Å². The zero-order valence-electron chi connectivity index (χ0n) is 14.1. The van der Waals surface area contributed by atoms with E-state index in [4.69, 9.17) is 25.0 Å². The SMILES string of the molecule is C[C@@H]1CCC2[C@@H](C)[C@](N)(C(F)(F)F)O[C@@H]3O[C@]4(C)CC[C@@H]1C23OO4. The molecule has 4 saturated heterocycles. The third-order valence-corrected chi connectivity index (χ3v) is 6.80. The average Bonchev–Trinajstić information content (AvgIpc) is 2.70. The smallest absolute Gasteiger partial charge is 0.319 e. The van der Waals surface area contributed by atoms with Gasteiger partial charge in [0.05, 0.1) is 0 Å². The van der Waals surface area contributed by atoms with Crippen LogP contribution >= 0.6 is 0 Å². The van der Waals surface area contributed by atoms with Gasteiger partial charge in [-0.2, -0.15) is 13.2 Å². The molecule has 2 bridgehead atoms. The lowest BCUT2D eigenvalue weighted by molar-refractivity contribution is -0.583. The molecule has 2 unspecified atom stereocenters. The third-order valence-electron chi connectivity index (χ3n) is 6.80. The van der Waals surface area contributed by atoms with Crippen molar-refractivity contribution in [2.75, 3.05) is 0 Å². The molecule has 5 rings (SSSR count). The fraction of sp³-hybridized carbons (Fsp3) is 1.00. The molecule has 1 spiro atoms. The van der Waals surface area contributed by atoms with Crippen LogP contribution in [0.4, 0.5) is 13.2 Å². The summed E-state index contributed by atoms with van der Waals surface area (Å²) in [6, 6.07) is 0. The molecule has 5 aliphatic rings. The minimum atomic E-state index is -4.69. The fourth-order valence-corrected chi connectivity index (χ4v) is 5.29. The molecule has 0 radical (unpaired) electrons. The molecule has 2 N–H and O–H groups in total. The van der Waals surface area contributed by atoms with Crippen LogP contribution in [0.3, 0.4) is 0 Å². The van der Waals surface area contributed by atoms with Crippen LogP contribution in [0.15, 0.2) is 0 Å². The van der Waals surface area contributed by atoms with Crippen molar-refractivity contribution in [1.29, 1.82) is 0 Å². The first-order valence-corrected chi connectivity index (χ1v) is 8.61. The van der Waals surface area contributed by atoms with Gasteiger partial charge in [0.15, 0.2) is 11.9 Å². The Kier molecular flexibility index (Phi) is 3.44. The topological polar surface area (TPSA) is 62.9 Å². The predicted octanol–water partition coefficient (Wildman–Crippen LogP) is 3.09. The molecule has 5 fully saturated rings. The number of halogens is 3. The molecule has 4 heterocycles. The van der Waals surface area contributed by atoms with E-state index in [1.54, 1.807) is 6.92 Å². The molecular weight excluding hydrogens is 327 g/mol. The first-order chi connectivity index (χ1) is 11.0. The Bertz CT molecular complexity index is 546. The predicted molar refractivity (Wildman–Crippen MR) is 76.0 cm³/mol. The van der Waals surface area contributed by atoms with E-state index in [1.165, 1.54) is 6.92 Å². The first kappa shape index (κ1) is 17.0. The van der Waals surface area contributed by atoms with Crippen molar-refractivity contribution in [2.24, 2.45) is 29.4 Å². The highest BCUT2D eigenvalue weighted by Crippen LogP contribution is 2.63. The van der Waals surface area contributed by atoms with Crippen LogP contribution in [0, 0.1) is 23.7 Å². The van der Waals surface area contributed by atoms with Crippen molar-refractivity contribution in [2.45, 2.75) is 76.0 Å². The average molecular weight is 351 g/mol. The molecule has 4 aliphatic heterocycles. The van der Waals surface area contributed by atoms with Crippen LogP contribution in [0.1, 0.15) is 46.5 Å². The quantitative estimate of drug-likeness (QED) is 0.680. The van der Waals surface area contributed by atoms with Crippen molar-refractivity contribution in [3.8, 4) is 0 Å². The maximum Gasteiger partial charge on any atom is 0.431 e. The highest BCUT2D eigenvalue weighted by Gasteiger charge is 2.75. The zero-order valence-corrected chi connectivity index (χ0v) is 14.1. The van der Waals surface area contributed by atoms with E-state index in [-0.39, 0.29) is 5.92 Å². The summed E-state index contributed by atoms with van der Waals surface area (Å²) in [6.45, 7) is 5.28. The first-order valence-electron chi connectivity index (χ1n) is 8.61. The minimum Gasteiger partial charge on any atom is -0.319 e. The molecule has 1 aliphatic carbocycles. The van der Waals surface area contributed by atoms with Crippen molar-refractivity contribution < 1.29 is 32.4 Å². The lowest BCUT2D eigenvalue weighted by Gasteiger charge is -2.62. The molecule has 0 aromatic carbocycles. The fourth-order valence-electron chi connectivity index (χ4n) is 5.29. The van der Waals surface area contributed by atoms with Crippen molar-refractivity contribution in [3.63, 3.8) is 0 Å². The Hall–Kier alpha value is -0.410. The number of hydrogen-bond acceptors (Lipinski definition) is 5. The van der Waals surface area contributed by atoms with Gasteiger partial charge in [-0.1, -0.05) is 13.8 Å². The van der Waals surface area contributed by atoms with Gasteiger partial charge >= 0.3 is 6.18 Å². The molecule has 24 heavy (non-hydrogen) atoms. The van der Waals surface area contributed by atoms with Crippen LogP contribution in [0.25, 0.3) is 0 Å². The summed E-state index contributed by atoms with van der Waals surface area (Å²) < 4.78 is 52.4. The van der Waals surface area contributed by atoms with Crippen molar-refractivity contribution >= 4 is 0 Å². The second-order valence-electron chi connectivity index (χ2n) is 8.11. The second kappa shape index (κ2) is 4.85. The molecule has 0 aromatic rings. The highest BCUT2D eigenvalue weighted by molar-refractivity contribution is 5.13. The van der Waals surface area contributed by atoms with Gasteiger partial charge in [-0.05, 0) is 38.0 Å². The largest absolute Gasteiger partial charge is 0.431 e. The molecule has 138 valence electrons. The Labute approximate surface area is 138 Å². The summed E-state index contributed by atoms with van der Waals surface area (Å²) in [7, 11) is 0. The molecule has 8 atom stereocenters. The van der Waals surface area contributed by atoms with Gasteiger partial charge in [0, 0.05) is 18.3 Å². The van der Waals surface area contributed by atoms with E-state index in [0.29, 0.717) is 18.8 Å². The van der Waals surface area contributed by atoms with E-state index in [2.05, 4.69) is 6.92 Å². The van der Waals surface area contributed by atoms with Gasteiger partial charge in [0.1, 0.15) is 0 Å². The lowest BCUT2D eigenvalue weighted by Crippen LogP contribution is -2.77.